The van der Waals surface area contributed by atoms with Gasteiger partial charge in [0.2, 0.25) is 12.3 Å². The predicted molar refractivity (Wildman–Crippen MR) is 180 cm³/mol. The molecule has 1 aliphatic heterocycles. The smallest absolute Gasteiger partial charge is 0.222 e. The molecule has 10 heteroatoms. The number of amides is 2. The van der Waals surface area contributed by atoms with Gasteiger partial charge in [0.25, 0.3) is 0 Å². The molecule has 246 valence electrons. The van der Waals surface area contributed by atoms with Crippen LogP contribution in [0.5, 0.6) is 0 Å². The van der Waals surface area contributed by atoms with E-state index in [0.717, 1.165) is 69.4 Å². The molecule has 2 aromatic rings. The Bertz CT molecular complexity index is 935. The van der Waals surface area contributed by atoms with Crippen molar-refractivity contribution in [1.82, 2.24) is 15.2 Å². The third kappa shape index (κ3) is 24.2. The van der Waals surface area contributed by atoms with Gasteiger partial charge in [-0.05, 0) is 50.3 Å². The summed E-state index contributed by atoms with van der Waals surface area (Å²) in [7, 11) is 1.96. The molecule has 9 nitrogen and oxygen atoms in total. The monoisotopic (exact) mass is 622 g/mol. The molecule has 0 aliphatic carbocycles. The molecule has 4 N–H and O–H groups in total. The first-order valence-corrected chi connectivity index (χ1v) is 15.6. The van der Waals surface area contributed by atoms with Crippen molar-refractivity contribution in [2.24, 2.45) is 11.7 Å². The number of carbonyl (C=O) groups excluding carboxylic acids is 4. The van der Waals surface area contributed by atoms with Crippen LogP contribution < -0.4 is 11.1 Å². The third-order valence-electron chi connectivity index (χ3n) is 5.82. The third-order valence-corrected chi connectivity index (χ3v) is 6.80. The topological polar surface area (TPSA) is 143 Å². The van der Waals surface area contributed by atoms with Crippen LogP contribution >= 0.6 is 11.3 Å². The second-order valence-corrected chi connectivity index (χ2v) is 11.3. The number of rotatable bonds is 12. The van der Waals surface area contributed by atoms with Crippen molar-refractivity contribution in [1.29, 1.82) is 0 Å². The van der Waals surface area contributed by atoms with Gasteiger partial charge in [0, 0.05) is 32.5 Å². The lowest BCUT2D eigenvalue weighted by Crippen LogP contribution is -2.29. The fraction of sp³-hybridized carbons (Fsp3) is 0.606. The quantitative estimate of drug-likeness (QED) is 0.196. The largest absolute Gasteiger partial charge is 0.391 e. The number of carbonyl (C=O) groups is 4. The van der Waals surface area contributed by atoms with E-state index in [1.165, 1.54) is 16.0 Å². The van der Waals surface area contributed by atoms with Crippen LogP contribution in [0, 0.1) is 12.8 Å². The van der Waals surface area contributed by atoms with Crippen LogP contribution in [0.2, 0.25) is 0 Å². The molecule has 0 bridgehead atoms. The molecule has 1 aromatic heterocycles. The second kappa shape index (κ2) is 30.5. The zero-order valence-corrected chi connectivity index (χ0v) is 27.2. The normalized spacial score (nSPS) is 12.9. The SMILES string of the molecule is C.C=O.CC(C)C.CNCc1ccc(-c2scnc2C)cc1.NC=O.O=CCCCCCCCCC(=O)N1CCC(O)C1. The maximum Gasteiger partial charge on any atom is 0.222 e. The molecule has 1 aromatic carbocycles. The number of thiazole rings is 1. The number of likely N-dealkylation sites (tertiary alicyclic amines) is 1. The Labute approximate surface area is 264 Å². The number of aryl methyl sites for hydroxylation is 1. The summed E-state index contributed by atoms with van der Waals surface area (Å²) in [6, 6.07) is 8.64. The van der Waals surface area contributed by atoms with Crippen LogP contribution in [-0.2, 0) is 25.7 Å². The minimum atomic E-state index is -0.313. The second-order valence-electron chi connectivity index (χ2n) is 10.5. The highest BCUT2D eigenvalue weighted by atomic mass is 32.1. The first-order valence-electron chi connectivity index (χ1n) is 14.7. The maximum absolute atomic E-state index is 11.7. The summed E-state index contributed by atoms with van der Waals surface area (Å²) in [5, 5.41) is 12.5. The van der Waals surface area contributed by atoms with Crippen LogP contribution in [-0.4, -0.2) is 66.6 Å². The summed E-state index contributed by atoms with van der Waals surface area (Å²) in [6.07, 6.45) is 9.37. The van der Waals surface area contributed by atoms with E-state index in [0.29, 0.717) is 25.9 Å². The number of hydrogen-bond donors (Lipinski definition) is 3. The molecule has 0 radical (unpaired) electrons. The lowest BCUT2D eigenvalue weighted by Gasteiger charge is -2.15. The fourth-order valence-electron chi connectivity index (χ4n) is 3.89. The van der Waals surface area contributed by atoms with Crippen LogP contribution in [0.3, 0.4) is 0 Å². The van der Waals surface area contributed by atoms with Gasteiger partial charge in [0.1, 0.15) is 13.1 Å². The molecule has 1 atom stereocenters. The summed E-state index contributed by atoms with van der Waals surface area (Å²) < 4.78 is 0. The summed E-state index contributed by atoms with van der Waals surface area (Å²) in [5.74, 6) is 1.02. The van der Waals surface area contributed by atoms with Crippen molar-refractivity contribution >= 4 is 36.7 Å². The van der Waals surface area contributed by atoms with E-state index in [9.17, 15) is 14.7 Å². The number of aromatic nitrogens is 1. The molecule has 2 amide bonds. The summed E-state index contributed by atoms with van der Waals surface area (Å²) in [4.78, 5) is 45.7. The Kier molecular flexibility index (Phi) is 31.6. The zero-order valence-electron chi connectivity index (χ0n) is 26.3. The minimum absolute atomic E-state index is 0. The number of nitrogens with two attached hydrogens (primary N) is 1. The van der Waals surface area contributed by atoms with Crippen molar-refractivity contribution in [2.75, 3.05) is 20.1 Å². The number of aliphatic hydroxyl groups excluding tert-OH is 1. The van der Waals surface area contributed by atoms with Gasteiger partial charge >= 0.3 is 0 Å². The molecular weight excluding hydrogens is 564 g/mol. The lowest BCUT2D eigenvalue weighted by atomic mass is 10.1. The van der Waals surface area contributed by atoms with E-state index in [2.05, 4.69) is 61.1 Å². The molecule has 2 heterocycles. The Morgan fingerprint density at radius 1 is 1.12 bits per heavy atom. The van der Waals surface area contributed by atoms with Crippen molar-refractivity contribution in [3.8, 4) is 10.4 Å². The number of primary amides is 1. The van der Waals surface area contributed by atoms with Gasteiger partial charge in [-0.2, -0.15) is 0 Å². The number of hydrogen-bond acceptors (Lipinski definition) is 8. The Morgan fingerprint density at radius 3 is 2.09 bits per heavy atom. The summed E-state index contributed by atoms with van der Waals surface area (Å²) in [5.41, 5.74) is 9.74. The van der Waals surface area contributed by atoms with E-state index < -0.39 is 0 Å². The van der Waals surface area contributed by atoms with Crippen LogP contribution in [0.4, 0.5) is 0 Å². The predicted octanol–water partition coefficient (Wildman–Crippen LogP) is 5.95. The van der Waals surface area contributed by atoms with E-state index in [4.69, 9.17) is 9.59 Å². The van der Waals surface area contributed by atoms with Crippen LogP contribution in [0.15, 0.2) is 29.8 Å². The van der Waals surface area contributed by atoms with Crippen LogP contribution in [0.25, 0.3) is 10.4 Å². The van der Waals surface area contributed by atoms with Gasteiger partial charge in [-0.25, -0.2) is 4.98 Å². The highest BCUT2D eigenvalue weighted by Gasteiger charge is 2.23. The Balaban J connectivity index is -0.000000577. The Morgan fingerprint density at radius 2 is 1.65 bits per heavy atom. The molecule has 0 spiro atoms. The highest BCUT2D eigenvalue weighted by molar-refractivity contribution is 7.13. The van der Waals surface area contributed by atoms with Gasteiger partial charge in [-0.3, -0.25) is 9.59 Å². The van der Waals surface area contributed by atoms with E-state index in [1.807, 2.05) is 26.3 Å². The Hall–Kier alpha value is -2.95. The molecule has 1 saturated heterocycles. The van der Waals surface area contributed by atoms with E-state index in [1.54, 1.807) is 16.2 Å². The average molecular weight is 623 g/mol. The van der Waals surface area contributed by atoms with Gasteiger partial charge in [0.05, 0.1) is 22.2 Å². The number of benzene rings is 1. The molecule has 1 fully saturated rings. The highest BCUT2D eigenvalue weighted by Crippen LogP contribution is 2.27. The van der Waals surface area contributed by atoms with Crippen molar-refractivity contribution in [3.05, 3.63) is 41.0 Å². The number of aldehydes is 1. The zero-order chi connectivity index (χ0) is 32.2. The van der Waals surface area contributed by atoms with E-state index in [-0.39, 0.29) is 25.8 Å². The number of β-amino-alcohol motifs (C(OH)–C–C–N with tert-alkyl or cyclic N) is 1. The molecule has 43 heavy (non-hydrogen) atoms. The molecule has 1 unspecified atom stereocenters. The van der Waals surface area contributed by atoms with Crippen molar-refractivity contribution < 1.29 is 24.3 Å². The van der Waals surface area contributed by atoms with E-state index >= 15 is 0 Å². The average Bonchev–Trinajstić information content (AvgIpc) is 3.60. The number of unbranched alkanes of at least 4 members (excludes halogenated alkanes) is 6. The van der Waals surface area contributed by atoms with Gasteiger partial charge in [0.15, 0.2) is 0 Å². The van der Waals surface area contributed by atoms with Gasteiger partial charge < -0.3 is 30.6 Å². The number of nitrogens with one attached hydrogen (secondary N) is 1. The van der Waals surface area contributed by atoms with Crippen LogP contribution in [0.1, 0.15) is 97.2 Å². The molecule has 3 rings (SSSR count). The standard InChI is InChI=1S/C14H25NO3.C12H14N2S.C4H10.CH3NO.CH2O.CH4/c16-11-7-5-3-1-2-4-6-8-14(18)15-10-9-13(17)12-15;1-9-12(15-8-14-9)11-5-3-10(4-6-11)7-13-2;1-4(2)3;2-1-3;1-2;/h11,13,17H,1-10,12H2;3-6,8,13H,7H2,1-2H3;4H,1-3H3;1H,(H2,2,3);1H2;1H4. The first kappa shape index (κ1) is 44.5. The summed E-state index contributed by atoms with van der Waals surface area (Å²) in [6.45, 7) is 12.7. The first-order chi connectivity index (χ1) is 20.2. The molecular formula is C33H58N4O5S. The molecule has 1 aliphatic rings. The maximum atomic E-state index is 11.7. The van der Waals surface area contributed by atoms with Crippen molar-refractivity contribution in [2.45, 2.75) is 106 Å². The van der Waals surface area contributed by atoms with Crippen molar-refractivity contribution in [3.63, 3.8) is 0 Å². The number of nitrogens with zero attached hydrogens (tertiary/aromatic N) is 2. The number of aliphatic hydroxyl groups is 1. The lowest BCUT2D eigenvalue weighted by molar-refractivity contribution is -0.130. The summed E-state index contributed by atoms with van der Waals surface area (Å²) >= 11 is 1.70. The van der Waals surface area contributed by atoms with Gasteiger partial charge in [-0.15, -0.1) is 11.3 Å². The minimum Gasteiger partial charge on any atom is -0.391 e. The van der Waals surface area contributed by atoms with Gasteiger partial charge in [-0.1, -0.05) is 78.1 Å². The fourth-order valence-corrected chi connectivity index (χ4v) is 4.71. The molecule has 0 saturated carbocycles.